The highest BCUT2D eigenvalue weighted by Gasteiger charge is 2.12. The van der Waals surface area contributed by atoms with Gasteiger partial charge >= 0.3 is 0 Å². The van der Waals surface area contributed by atoms with Gasteiger partial charge in [-0.1, -0.05) is 5.16 Å². The second kappa shape index (κ2) is 8.43. The van der Waals surface area contributed by atoms with E-state index in [-0.39, 0.29) is 0 Å². The number of hydrogen-bond acceptors (Lipinski definition) is 8. The Labute approximate surface area is 176 Å². The molecular formula is C22H21N3O4S. The first kappa shape index (κ1) is 19.0. The maximum absolute atomic E-state index is 9.59. The summed E-state index contributed by atoms with van der Waals surface area (Å²) in [5, 5.41) is 17.3. The van der Waals surface area contributed by atoms with E-state index in [0.717, 1.165) is 42.9 Å². The molecule has 0 bridgehead atoms. The van der Waals surface area contributed by atoms with E-state index in [1.54, 1.807) is 17.4 Å². The lowest BCUT2D eigenvalue weighted by Gasteiger charge is -2.26. The number of morpholine rings is 1. The molecule has 1 N–H and O–H groups in total. The molecule has 1 fully saturated rings. The van der Waals surface area contributed by atoms with Crippen molar-refractivity contribution in [2.45, 2.75) is 0 Å². The van der Waals surface area contributed by atoms with Gasteiger partial charge in [-0.15, -0.1) is 11.3 Å². The highest BCUT2D eigenvalue weighted by atomic mass is 32.1. The third-order valence-corrected chi connectivity index (χ3v) is 6.06. The normalized spacial score (nSPS) is 15.8. The Morgan fingerprint density at radius 1 is 1.17 bits per heavy atom. The summed E-state index contributed by atoms with van der Waals surface area (Å²) >= 11 is 1.64. The van der Waals surface area contributed by atoms with Gasteiger partial charge in [0.2, 0.25) is 0 Å². The zero-order chi connectivity index (χ0) is 20.3. The number of pyridine rings is 1. The number of hydrogen-bond donors (Lipinski definition) is 1. The van der Waals surface area contributed by atoms with E-state index >= 15 is 0 Å². The molecule has 1 aliphatic rings. The highest BCUT2D eigenvalue weighted by Crippen LogP contribution is 2.27. The molecule has 154 valence electrons. The second-order valence-corrected chi connectivity index (χ2v) is 8.03. The van der Waals surface area contributed by atoms with Crippen molar-refractivity contribution in [3.05, 3.63) is 53.3 Å². The van der Waals surface area contributed by atoms with Crippen molar-refractivity contribution in [1.82, 2.24) is 9.88 Å². The predicted octanol–water partition coefficient (Wildman–Crippen LogP) is 3.71. The van der Waals surface area contributed by atoms with Crippen molar-refractivity contribution in [3.8, 4) is 17.2 Å². The van der Waals surface area contributed by atoms with Crippen molar-refractivity contribution in [2.75, 3.05) is 39.5 Å². The number of benzene rings is 1. The van der Waals surface area contributed by atoms with E-state index < -0.39 is 0 Å². The molecule has 0 aliphatic carbocycles. The van der Waals surface area contributed by atoms with Gasteiger partial charge in [0.15, 0.2) is 5.76 Å². The number of aromatic nitrogens is 1. The molecule has 0 saturated carbocycles. The molecule has 4 aromatic rings. The third kappa shape index (κ3) is 3.89. The first-order valence-corrected chi connectivity index (χ1v) is 10.7. The van der Waals surface area contributed by atoms with Crippen LogP contribution in [0.25, 0.3) is 32.5 Å². The quantitative estimate of drug-likeness (QED) is 0.389. The Morgan fingerprint density at radius 2 is 2.07 bits per heavy atom. The van der Waals surface area contributed by atoms with Crippen LogP contribution in [0.5, 0.6) is 5.75 Å². The number of nitrogens with zero attached hydrogens (tertiary/aromatic N) is 3. The Kier molecular flexibility index (Phi) is 5.35. The fourth-order valence-electron chi connectivity index (χ4n) is 3.57. The number of fused-ring (bicyclic) bond motifs is 2. The summed E-state index contributed by atoms with van der Waals surface area (Å²) in [4.78, 5) is 6.81. The molecule has 0 atom stereocenters. The van der Waals surface area contributed by atoms with Gasteiger partial charge in [-0.3, -0.25) is 9.88 Å². The van der Waals surface area contributed by atoms with Gasteiger partial charge in [0.05, 0.1) is 23.3 Å². The summed E-state index contributed by atoms with van der Waals surface area (Å²) < 4.78 is 18.5. The fourth-order valence-corrected chi connectivity index (χ4v) is 4.30. The van der Waals surface area contributed by atoms with E-state index in [4.69, 9.17) is 13.9 Å². The van der Waals surface area contributed by atoms with Crippen LogP contribution in [-0.4, -0.2) is 54.5 Å². The van der Waals surface area contributed by atoms with Crippen molar-refractivity contribution in [1.29, 1.82) is 0 Å². The van der Waals surface area contributed by atoms with E-state index in [0.29, 0.717) is 40.1 Å². The molecule has 1 aromatic carbocycles. The SMILES string of the molecule is ON=c1cc(-c2cc3ccsc3cn2)oc2ccc(OCCN3CCOCC3)cc12. The second-order valence-electron chi connectivity index (χ2n) is 7.08. The van der Waals surface area contributed by atoms with Gasteiger partial charge in [0.25, 0.3) is 0 Å². The first-order chi connectivity index (χ1) is 14.8. The minimum atomic E-state index is 0.414. The lowest BCUT2D eigenvalue weighted by atomic mass is 10.1. The van der Waals surface area contributed by atoms with Gasteiger partial charge in [0, 0.05) is 31.9 Å². The average Bonchev–Trinajstić information content (AvgIpc) is 3.27. The minimum absolute atomic E-state index is 0.414. The molecule has 0 amide bonds. The van der Waals surface area contributed by atoms with Crippen molar-refractivity contribution in [2.24, 2.45) is 5.16 Å². The molecule has 8 heteroatoms. The topological polar surface area (TPSA) is 80.3 Å². The molecule has 0 radical (unpaired) electrons. The van der Waals surface area contributed by atoms with Crippen LogP contribution >= 0.6 is 11.3 Å². The van der Waals surface area contributed by atoms with Crippen LogP contribution in [0.15, 0.2) is 57.5 Å². The van der Waals surface area contributed by atoms with E-state index in [2.05, 4.69) is 15.0 Å². The largest absolute Gasteiger partial charge is 0.492 e. The number of ether oxygens (including phenoxy) is 2. The average molecular weight is 423 g/mol. The summed E-state index contributed by atoms with van der Waals surface area (Å²) in [6, 6.07) is 11.3. The molecule has 1 aliphatic heterocycles. The summed E-state index contributed by atoms with van der Waals surface area (Å²) in [6.07, 6.45) is 1.83. The summed E-state index contributed by atoms with van der Waals surface area (Å²) in [7, 11) is 0. The summed E-state index contributed by atoms with van der Waals surface area (Å²) in [6.45, 7) is 4.84. The van der Waals surface area contributed by atoms with Crippen LogP contribution in [0.1, 0.15) is 0 Å². The lowest BCUT2D eigenvalue weighted by Crippen LogP contribution is -2.38. The maximum Gasteiger partial charge on any atom is 0.155 e. The van der Waals surface area contributed by atoms with E-state index in [9.17, 15) is 5.21 Å². The van der Waals surface area contributed by atoms with Gasteiger partial charge in [-0.2, -0.15) is 0 Å². The van der Waals surface area contributed by atoms with Crippen LogP contribution in [0.3, 0.4) is 0 Å². The molecule has 4 heterocycles. The maximum atomic E-state index is 9.59. The molecule has 3 aromatic heterocycles. The minimum Gasteiger partial charge on any atom is -0.492 e. The molecule has 7 nitrogen and oxygen atoms in total. The smallest absolute Gasteiger partial charge is 0.155 e. The van der Waals surface area contributed by atoms with Gasteiger partial charge in [-0.05, 0) is 41.1 Å². The summed E-state index contributed by atoms with van der Waals surface area (Å²) in [5.41, 5.74) is 1.30. The molecule has 0 unspecified atom stereocenters. The van der Waals surface area contributed by atoms with Crippen LogP contribution < -0.4 is 10.1 Å². The monoisotopic (exact) mass is 423 g/mol. The highest BCUT2D eigenvalue weighted by molar-refractivity contribution is 7.17. The Balaban J connectivity index is 1.40. The van der Waals surface area contributed by atoms with Crippen molar-refractivity contribution >= 4 is 32.4 Å². The predicted molar refractivity (Wildman–Crippen MR) is 115 cm³/mol. The van der Waals surface area contributed by atoms with Gasteiger partial charge < -0.3 is 19.1 Å². The van der Waals surface area contributed by atoms with Crippen LogP contribution in [0.2, 0.25) is 0 Å². The van der Waals surface area contributed by atoms with Gasteiger partial charge in [0.1, 0.15) is 29.0 Å². The molecular weight excluding hydrogens is 402 g/mol. The van der Waals surface area contributed by atoms with Crippen LogP contribution in [0, 0.1) is 0 Å². The Hall–Kier alpha value is -2.94. The molecule has 30 heavy (non-hydrogen) atoms. The summed E-state index contributed by atoms with van der Waals surface area (Å²) in [5.74, 6) is 1.26. The third-order valence-electron chi connectivity index (χ3n) is 5.20. The zero-order valence-electron chi connectivity index (χ0n) is 16.3. The van der Waals surface area contributed by atoms with E-state index in [1.165, 1.54) is 0 Å². The molecule has 5 rings (SSSR count). The lowest BCUT2D eigenvalue weighted by molar-refractivity contribution is 0.0322. The first-order valence-electron chi connectivity index (χ1n) is 9.83. The van der Waals surface area contributed by atoms with Crippen LogP contribution in [-0.2, 0) is 4.74 Å². The van der Waals surface area contributed by atoms with Crippen molar-refractivity contribution < 1.29 is 19.1 Å². The van der Waals surface area contributed by atoms with Crippen LogP contribution in [0.4, 0.5) is 0 Å². The number of thiophene rings is 1. The fraction of sp³-hybridized carbons (Fsp3) is 0.273. The van der Waals surface area contributed by atoms with Gasteiger partial charge in [-0.25, -0.2) is 0 Å². The Bertz CT molecular complexity index is 1240. The Morgan fingerprint density at radius 3 is 2.93 bits per heavy atom. The molecule has 0 spiro atoms. The standard InChI is InChI=1S/C22H21N3O4S/c26-24-18-13-21(19-11-15-3-10-30-22(15)14-23-19)29-20-2-1-16(12-17(18)20)28-9-6-25-4-7-27-8-5-25/h1-3,10-14,26H,4-9H2. The van der Waals surface area contributed by atoms with E-state index in [1.807, 2.05) is 41.9 Å². The number of rotatable bonds is 5. The zero-order valence-corrected chi connectivity index (χ0v) is 17.1. The van der Waals surface area contributed by atoms with Crippen molar-refractivity contribution in [3.63, 3.8) is 0 Å². The molecule has 1 saturated heterocycles.